The van der Waals surface area contributed by atoms with Gasteiger partial charge < -0.3 is 0 Å². The summed E-state index contributed by atoms with van der Waals surface area (Å²) >= 11 is 5.74. The molecule has 0 bridgehead atoms. The van der Waals surface area contributed by atoms with Crippen molar-refractivity contribution < 1.29 is 18.0 Å². The summed E-state index contributed by atoms with van der Waals surface area (Å²) in [6, 6.07) is 9.64. The molecule has 1 aromatic carbocycles. The zero-order valence-corrected chi connectivity index (χ0v) is 10.2. The first kappa shape index (κ1) is 13.5. The van der Waals surface area contributed by atoms with Gasteiger partial charge in [0.1, 0.15) is 11.4 Å². The van der Waals surface area contributed by atoms with Crippen molar-refractivity contribution in [1.82, 2.24) is 4.98 Å². The second-order valence-electron chi connectivity index (χ2n) is 3.72. The van der Waals surface area contributed by atoms with Crippen LogP contribution in [0.25, 0.3) is 0 Å². The zero-order valence-electron chi connectivity index (χ0n) is 9.41. The van der Waals surface area contributed by atoms with Crippen LogP contribution in [0.2, 0.25) is 5.02 Å². The molecule has 1 heterocycles. The Kier molecular flexibility index (Phi) is 3.57. The Morgan fingerprint density at radius 1 is 1.05 bits per heavy atom. The Hall–Kier alpha value is -1.88. The van der Waals surface area contributed by atoms with Crippen molar-refractivity contribution >= 4 is 17.4 Å². The number of benzene rings is 1. The topological polar surface area (TPSA) is 30.0 Å². The third-order valence-electron chi connectivity index (χ3n) is 2.39. The van der Waals surface area contributed by atoms with Gasteiger partial charge in [-0.15, -0.1) is 0 Å². The maximum Gasteiger partial charge on any atom is 0.433 e. The summed E-state index contributed by atoms with van der Waals surface area (Å²) in [5.74, 6) is -0.642. The SMILES string of the molecule is O=C(c1ccccc1)c1nc(C(F)(F)F)ccc1Cl. The van der Waals surface area contributed by atoms with Crippen LogP contribution in [0.5, 0.6) is 0 Å². The van der Waals surface area contributed by atoms with Crippen LogP contribution in [0.4, 0.5) is 13.2 Å². The smallest absolute Gasteiger partial charge is 0.287 e. The summed E-state index contributed by atoms with van der Waals surface area (Å²) < 4.78 is 37.6. The Morgan fingerprint density at radius 3 is 2.26 bits per heavy atom. The van der Waals surface area contributed by atoms with Gasteiger partial charge in [-0.05, 0) is 12.1 Å². The predicted molar refractivity (Wildman–Crippen MR) is 64.1 cm³/mol. The number of rotatable bonds is 2. The van der Waals surface area contributed by atoms with Crippen LogP contribution in [0.1, 0.15) is 21.7 Å². The van der Waals surface area contributed by atoms with Gasteiger partial charge in [0, 0.05) is 5.56 Å². The highest BCUT2D eigenvalue weighted by molar-refractivity contribution is 6.34. The summed E-state index contributed by atoms with van der Waals surface area (Å²) in [6.07, 6.45) is -4.61. The lowest BCUT2D eigenvalue weighted by Crippen LogP contribution is -2.13. The van der Waals surface area contributed by atoms with Gasteiger partial charge in [-0.2, -0.15) is 13.2 Å². The highest BCUT2D eigenvalue weighted by Crippen LogP contribution is 2.29. The van der Waals surface area contributed by atoms with E-state index >= 15 is 0 Å². The molecule has 19 heavy (non-hydrogen) atoms. The zero-order chi connectivity index (χ0) is 14.0. The van der Waals surface area contributed by atoms with E-state index in [0.29, 0.717) is 0 Å². The van der Waals surface area contributed by atoms with Gasteiger partial charge in [-0.1, -0.05) is 41.9 Å². The Bertz CT molecular complexity index is 611. The van der Waals surface area contributed by atoms with Crippen molar-refractivity contribution in [3.63, 3.8) is 0 Å². The maximum atomic E-state index is 12.5. The third kappa shape index (κ3) is 2.93. The molecule has 6 heteroatoms. The molecule has 0 atom stereocenters. The van der Waals surface area contributed by atoms with Crippen LogP contribution >= 0.6 is 11.6 Å². The van der Waals surface area contributed by atoms with Crippen molar-refractivity contribution in [2.45, 2.75) is 6.18 Å². The number of hydrogen-bond acceptors (Lipinski definition) is 2. The number of alkyl halides is 3. The van der Waals surface area contributed by atoms with Crippen LogP contribution < -0.4 is 0 Å². The van der Waals surface area contributed by atoms with E-state index in [1.807, 2.05) is 0 Å². The molecule has 0 aliphatic rings. The minimum atomic E-state index is -4.61. The molecule has 0 unspecified atom stereocenters. The monoisotopic (exact) mass is 285 g/mol. The molecule has 0 amide bonds. The number of aromatic nitrogens is 1. The molecule has 0 aliphatic heterocycles. The van der Waals surface area contributed by atoms with Crippen molar-refractivity contribution in [1.29, 1.82) is 0 Å². The summed E-state index contributed by atoms with van der Waals surface area (Å²) in [4.78, 5) is 15.3. The normalized spacial score (nSPS) is 11.4. The predicted octanol–water partition coefficient (Wildman–Crippen LogP) is 3.98. The van der Waals surface area contributed by atoms with E-state index in [1.54, 1.807) is 18.2 Å². The second kappa shape index (κ2) is 5.01. The largest absolute Gasteiger partial charge is 0.433 e. The first-order valence-corrected chi connectivity index (χ1v) is 5.61. The molecular weight excluding hydrogens is 279 g/mol. The molecule has 98 valence electrons. The molecule has 0 aliphatic carbocycles. The quantitative estimate of drug-likeness (QED) is 0.781. The van der Waals surface area contributed by atoms with Gasteiger partial charge in [0.05, 0.1) is 5.02 Å². The Morgan fingerprint density at radius 2 is 1.68 bits per heavy atom. The van der Waals surface area contributed by atoms with Crippen molar-refractivity contribution in [3.8, 4) is 0 Å². The number of carbonyl (C=O) groups is 1. The third-order valence-corrected chi connectivity index (χ3v) is 2.69. The molecule has 2 rings (SSSR count). The highest BCUT2D eigenvalue weighted by Gasteiger charge is 2.33. The molecule has 0 N–H and O–H groups in total. The van der Waals surface area contributed by atoms with Gasteiger partial charge in [0.25, 0.3) is 0 Å². The van der Waals surface area contributed by atoms with Crippen LogP contribution in [0, 0.1) is 0 Å². The summed E-state index contributed by atoms with van der Waals surface area (Å²) in [5.41, 5.74) is -1.31. The first-order valence-electron chi connectivity index (χ1n) is 5.23. The summed E-state index contributed by atoms with van der Waals surface area (Å²) in [7, 11) is 0. The van der Waals surface area contributed by atoms with E-state index < -0.39 is 23.3 Å². The van der Waals surface area contributed by atoms with Crippen molar-refractivity contribution in [2.24, 2.45) is 0 Å². The number of pyridine rings is 1. The molecule has 0 saturated carbocycles. The average Bonchev–Trinajstić information content (AvgIpc) is 2.38. The fraction of sp³-hybridized carbons (Fsp3) is 0.0769. The van der Waals surface area contributed by atoms with E-state index in [9.17, 15) is 18.0 Å². The lowest BCUT2D eigenvalue weighted by atomic mass is 10.1. The van der Waals surface area contributed by atoms with Gasteiger partial charge >= 0.3 is 6.18 Å². The van der Waals surface area contributed by atoms with Gasteiger partial charge in [-0.3, -0.25) is 4.79 Å². The minimum Gasteiger partial charge on any atom is -0.287 e. The first-order chi connectivity index (χ1) is 8.89. The average molecular weight is 286 g/mol. The van der Waals surface area contributed by atoms with Crippen molar-refractivity contribution in [3.05, 3.63) is 64.4 Å². The van der Waals surface area contributed by atoms with Crippen LogP contribution in [0.15, 0.2) is 42.5 Å². The standard InChI is InChI=1S/C13H7ClF3NO/c14-9-6-7-10(13(15,16)17)18-11(9)12(19)8-4-2-1-3-5-8/h1-7H. The van der Waals surface area contributed by atoms with Crippen LogP contribution in [-0.4, -0.2) is 10.8 Å². The molecule has 0 saturated heterocycles. The fourth-order valence-corrected chi connectivity index (χ4v) is 1.68. The van der Waals surface area contributed by atoms with Gasteiger partial charge in [0.2, 0.25) is 5.78 Å². The van der Waals surface area contributed by atoms with E-state index in [0.717, 1.165) is 12.1 Å². The molecule has 0 fully saturated rings. The fourth-order valence-electron chi connectivity index (χ4n) is 1.49. The number of carbonyl (C=O) groups excluding carboxylic acids is 1. The maximum absolute atomic E-state index is 12.5. The lowest BCUT2D eigenvalue weighted by molar-refractivity contribution is -0.141. The van der Waals surface area contributed by atoms with Crippen LogP contribution in [-0.2, 0) is 6.18 Å². The molecule has 2 aromatic rings. The Balaban J connectivity index is 2.48. The molecule has 2 nitrogen and oxygen atoms in total. The van der Waals surface area contributed by atoms with E-state index in [2.05, 4.69) is 4.98 Å². The molecule has 0 radical (unpaired) electrons. The highest BCUT2D eigenvalue weighted by atomic mass is 35.5. The molecule has 1 aromatic heterocycles. The number of nitrogens with zero attached hydrogens (tertiary/aromatic N) is 1. The Labute approximate surface area is 111 Å². The number of ketones is 1. The second-order valence-corrected chi connectivity index (χ2v) is 4.13. The minimum absolute atomic E-state index is 0.109. The molecular formula is C13H7ClF3NO. The van der Waals surface area contributed by atoms with Gasteiger partial charge in [-0.25, -0.2) is 4.98 Å². The summed E-state index contributed by atoms with van der Waals surface area (Å²) in [6.45, 7) is 0. The number of halogens is 4. The van der Waals surface area contributed by atoms with Gasteiger partial charge in [0.15, 0.2) is 0 Å². The van der Waals surface area contributed by atoms with E-state index in [1.165, 1.54) is 12.1 Å². The van der Waals surface area contributed by atoms with E-state index in [-0.39, 0.29) is 10.6 Å². The number of hydrogen-bond donors (Lipinski definition) is 0. The van der Waals surface area contributed by atoms with E-state index in [4.69, 9.17) is 11.6 Å². The van der Waals surface area contributed by atoms with Crippen molar-refractivity contribution in [2.75, 3.05) is 0 Å². The summed E-state index contributed by atoms with van der Waals surface area (Å²) in [5, 5.41) is -0.109. The lowest BCUT2D eigenvalue weighted by Gasteiger charge is -2.08. The molecule has 0 spiro atoms. The van der Waals surface area contributed by atoms with Crippen LogP contribution in [0.3, 0.4) is 0 Å².